The van der Waals surface area contributed by atoms with Crippen molar-refractivity contribution in [1.82, 2.24) is 5.32 Å². The lowest BCUT2D eigenvalue weighted by Crippen LogP contribution is -2.42. The first-order chi connectivity index (χ1) is 9.71. The van der Waals surface area contributed by atoms with Crippen LogP contribution in [0.2, 0.25) is 0 Å². The van der Waals surface area contributed by atoms with Crippen molar-refractivity contribution in [3.8, 4) is 5.75 Å². The number of rotatable bonds is 9. The van der Waals surface area contributed by atoms with E-state index in [0.717, 1.165) is 18.5 Å². The third kappa shape index (κ3) is 5.59. The summed E-state index contributed by atoms with van der Waals surface area (Å²) in [4.78, 5) is 11.6. The molecule has 1 rings (SSSR count). The molecule has 1 atom stereocenters. The maximum atomic E-state index is 11.6. The van der Waals surface area contributed by atoms with Crippen LogP contribution in [0.5, 0.6) is 5.75 Å². The smallest absolute Gasteiger partial charge is 0.326 e. The van der Waals surface area contributed by atoms with E-state index in [1.54, 1.807) is 7.11 Å². The SMILES string of the molecule is CCCNC(COc1cccc(COC)c1)C(=O)OC. The van der Waals surface area contributed by atoms with Crippen molar-refractivity contribution in [2.24, 2.45) is 0 Å². The number of benzene rings is 1. The van der Waals surface area contributed by atoms with E-state index in [9.17, 15) is 4.79 Å². The van der Waals surface area contributed by atoms with Gasteiger partial charge in [-0.05, 0) is 30.7 Å². The molecular formula is C15H23NO4. The molecule has 0 aliphatic rings. The lowest BCUT2D eigenvalue weighted by molar-refractivity contribution is -0.143. The minimum absolute atomic E-state index is 0.239. The van der Waals surface area contributed by atoms with Crippen LogP contribution >= 0.6 is 0 Å². The van der Waals surface area contributed by atoms with E-state index in [4.69, 9.17) is 14.2 Å². The fraction of sp³-hybridized carbons (Fsp3) is 0.533. The third-order valence-corrected chi connectivity index (χ3v) is 2.75. The average Bonchev–Trinajstić information content (AvgIpc) is 2.47. The van der Waals surface area contributed by atoms with E-state index in [0.29, 0.717) is 12.4 Å². The van der Waals surface area contributed by atoms with Gasteiger partial charge in [-0.3, -0.25) is 4.79 Å². The molecule has 0 bridgehead atoms. The molecule has 0 saturated heterocycles. The monoisotopic (exact) mass is 281 g/mol. The molecule has 20 heavy (non-hydrogen) atoms. The van der Waals surface area contributed by atoms with Gasteiger partial charge < -0.3 is 19.5 Å². The predicted octanol–water partition coefficient (Wildman–Crippen LogP) is 1.75. The zero-order chi connectivity index (χ0) is 14.8. The van der Waals surface area contributed by atoms with Gasteiger partial charge in [0.05, 0.1) is 13.7 Å². The van der Waals surface area contributed by atoms with E-state index in [-0.39, 0.29) is 12.6 Å². The number of nitrogens with one attached hydrogen (secondary N) is 1. The van der Waals surface area contributed by atoms with E-state index in [1.165, 1.54) is 7.11 Å². The Kier molecular flexibility index (Phi) is 7.69. The molecule has 1 aromatic carbocycles. The molecule has 1 aromatic rings. The molecule has 0 aliphatic heterocycles. The Hall–Kier alpha value is -1.59. The van der Waals surface area contributed by atoms with Gasteiger partial charge in [0.1, 0.15) is 18.4 Å². The molecule has 0 saturated carbocycles. The van der Waals surface area contributed by atoms with Crippen molar-refractivity contribution in [2.45, 2.75) is 26.0 Å². The highest BCUT2D eigenvalue weighted by Crippen LogP contribution is 2.14. The van der Waals surface area contributed by atoms with Crippen LogP contribution in [0.1, 0.15) is 18.9 Å². The Morgan fingerprint density at radius 1 is 1.35 bits per heavy atom. The molecule has 0 heterocycles. The van der Waals surface area contributed by atoms with Gasteiger partial charge in [-0.1, -0.05) is 19.1 Å². The van der Waals surface area contributed by atoms with Gasteiger partial charge in [0, 0.05) is 7.11 Å². The standard InChI is InChI=1S/C15H23NO4/c1-4-8-16-14(15(17)19-3)11-20-13-7-5-6-12(9-13)10-18-2/h5-7,9,14,16H,4,8,10-11H2,1-3H3. The second-order valence-electron chi connectivity index (χ2n) is 4.42. The van der Waals surface area contributed by atoms with Gasteiger partial charge in [0.25, 0.3) is 0 Å². The zero-order valence-corrected chi connectivity index (χ0v) is 12.3. The number of hydrogen-bond donors (Lipinski definition) is 1. The van der Waals surface area contributed by atoms with Crippen LogP contribution in [-0.2, 0) is 20.9 Å². The second-order valence-corrected chi connectivity index (χ2v) is 4.42. The average molecular weight is 281 g/mol. The fourth-order valence-corrected chi connectivity index (χ4v) is 1.74. The summed E-state index contributed by atoms with van der Waals surface area (Å²) < 4.78 is 15.5. The van der Waals surface area contributed by atoms with Gasteiger partial charge in [-0.25, -0.2) is 0 Å². The molecule has 112 valence electrons. The first-order valence-electron chi connectivity index (χ1n) is 6.73. The molecule has 1 unspecified atom stereocenters. The van der Waals surface area contributed by atoms with Gasteiger partial charge in [0.2, 0.25) is 0 Å². The minimum atomic E-state index is -0.453. The van der Waals surface area contributed by atoms with Crippen LogP contribution in [0.15, 0.2) is 24.3 Å². The highest BCUT2D eigenvalue weighted by atomic mass is 16.5. The lowest BCUT2D eigenvalue weighted by atomic mass is 10.2. The van der Waals surface area contributed by atoms with E-state index in [1.807, 2.05) is 31.2 Å². The Morgan fingerprint density at radius 2 is 2.15 bits per heavy atom. The van der Waals surface area contributed by atoms with Crippen molar-refractivity contribution in [1.29, 1.82) is 0 Å². The molecule has 0 amide bonds. The topological polar surface area (TPSA) is 56.8 Å². The van der Waals surface area contributed by atoms with Gasteiger partial charge >= 0.3 is 5.97 Å². The predicted molar refractivity (Wildman–Crippen MR) is 76.7 cm³/mol. The lowest BCUT2D eigenvalue weighted by Gasteiger charge is -2.17. The van der Waals surface area contributed by atoms with Crippen LogP contribution < -0.4 is 10.1 Å². The van der Waals surface area contributed by atoms with E-state index >= 15 is 0 Å². The molecule has 0 spiro atoms. The minimum Gasteiger partial charge on any atom is -0.491 e. The van der Waals surface area contributed by atoms with Crippen LogP contribution in [-0.4, -0.2) is 39.4 Å². The number of carbonyl (C=O) groups excluding carboxylic acids is 1. The second kappa shape index (κ2) is 9.34. The summed E-state index contributed by atoms with van der Waals surface area (Å²) in [5, 5.41) is 3.11. The number of methoxy groups -OCH3 is 2. The zero-order valence-electron chi connectivity index (χ0n) is 12.3. The molecule has 5 heteroatoms. The molecule has 0 fully saturated rings. The quantitative estimate of drug-likeness (QED) is 0.699. The van der Waals surface area contributed by atoms with Gasteiger partial charge in [-0.15, -0.1) is 0 Å². The third-order valence-electron chi connectivity index (χ3n) is 2.75. The van der Waals surface area contributed by atoms with Crippen molar-refractivity contribution >= 4 is 5.97 Å². The summed E-state index contributed by atoms with van der Waals surface area (Å²) in [5.41, 5.74) is 1.03. The maximum Gasteiger partial charge on any atom is 0.326 e. The number of ether oxygens (including phenoxy) is 3. The summed E-state index contributed by atoms with van der Waals surface area (Å²) in [6, 6.07) is 7.16. The van der Waals surface area contributed by atoms with Crippen molar-refractivity contribution in [3.05, 3.63) is 29.8 Å². The van der Waals surface area contributed by atoms with Gasteiger partial charge in [-0.2, -0.15) is 0 Å². The Bertz CT molecular complexity index is 409. The number of carbonyl (C=O) groups is 1. The summed E-state index contributed by atoms with van der Waals surface area (Å²) in [7, 11) is 3.03. The maximum absolute atomic E-state index is 11.6. The molecule has 0 radical (unpaired) electrons. The largest absolute Gasteiger partial charge is 0.491 e. The molecule has 0 aliphatic carbocycles. The molecular weight excluding hydrogens is 258 g/mol. The summed E-state index contributed by atoms with van der Waals surface area (Å²) in [6.45, 7) is 3.55. The molecule has 0 aromatic heterocycles. The van der Waals surface area contributed by atoms with Gasteiger partial charge in [0.15, 0.2) is 0 Å². The van der Waals surface area contributed by atoms with Crippen LogP contribution in [0, 0.1) is 0 Å². The van der Waals surface area contributed by atoms with E-state index in [2.05, 4.69) is 5.32 Å². The normalized spacial score (nSPS) is 11.9. The first kappa shape index (κ1) is 16.5. The Morgan fingerprint density at radius 3 is 2.80 bits per heavy atom. The summed E-state index contributed by atoms with van der Waals surface area (Å²) in [6.07, 6.45) is 0.941. The first-order valence-corrected chi connectivity index (χ1v) is 6.73. The van der Waals surface area contributed by atoms with E-state index < -0.39 is 6.04 Å². The van der Waals surface area contributed by atoms with Crippen molar-refractivity contribution in [2.75, 3.05) is 27.4 Å². The molecule has 1 N–H and O–H groups in total. The van der Waals surface area contributed by atoms with Crippen LogP contribution in [0.25, 0.3) is 0 Å². The highest BCUT2D eigenvalue weighted by Gasteiger charge is 2.18. The van der Waals surface area contributed by atoms with Crippen LogP contribution in [0.4, 0.5) is 0 Å². The van der Waals surface area contributed by atoms with Crippen molar-refractivity contribution in [3.63, 3.8) is 0 Å². The highest BCUT2D eigenvalue weighted by molar-refractivity contribution is 5.75. The number of esters is 1. The summed E-state index contributed by atoms with van der Waals surface area (Å²) >= 11 is 0. The summed E-state index contributed by atoms with van der Waals surface area (Å²) in [5.74, 6) is 0.401. The molecule has 5 nitrogen and oxygen atoms in total. The Labute approximate surface area is 120 Å². The van der Waals surface area contributed by atoms with Crippen molar-refractivity contribution < 1.29 is 19.0 Å². The number of hydrogen-bond acceptors (Lipinski definition) is 5. The van der Waals surface area contributed by atoms with Crippen LogP contribution in [0.3, 0.4) is 0 Å². The Balaban J connectivity index is 2.57. The fourth-order valence-electron chi connectivity index (χ4n) is 1.74.